The van der Waals surface area contributed by atoms with Gasteiger partial charge in [0.25, 0.3) is 0 Å². The Balaban J connectivity index is 2.16. The Kier molecular flexibility index (Phi) is 3.61. The van der Waals surface area contributed by atoms with Crippen LogP contribution >= 0.6 is 0 Å². The number of anilines is 1. The molecular weight excluding hydrogens is 212 g/mol. The fraction of sp³-hybridized carbons (Fsp3) is 0.538. The van der Waals surface area contributed by atoms with Crippen LogP contribution in [-0.2, 0) is 0 Å². The fourth-order valence-corrected chi connectivity index (χ4v) is 2.40. The molecule has 4 nitrogen and oxygen atoms in total. The molecule has 1 aliphatic rings. The molecular formula is C13H20N4. The lowest BCUT2D eigenvalue weighted by molar-refractivity contribution is 0.404. The summed E-state index contributed by atoms with van der Waals surface area (Å²) in [6.07, 6.45) is 5.55. The minimum atomic E-state index is 0.0379. The summed E-state index contributed by atoms with van der Waals surface area (Å²) < 4.78 is 0. The SMILES string of the molecule is CCC1CCCN(c2ccnc(C(=N)N)c2)C1. The summed E-state index contributed by atoms with van der Waals surface area (Å²) in [5.41, 5.74) is 7.18. The van der Waals surface area contributed by atoms with E-state index in [0.717, 1.165) is 24.7 Å². The Morgan fingerprint density at radius 3 is 3.18 bits per heavy atom. The molecule has 1 unspecified atom stereocenters. The molecule has 4 heteroatoms. The summed E-state index contributed by atoms with van der Waals surface area (Å²) in [6, 6.07) is 3.92. The molecule has 1 aliphatic heterocycles. The zero-order valence-corrected chi connectivity index (χ0v) is 10.3. The van der Waals surface area contributed by atoms with Gasteiger partial charge in [-0.2, -0.15) is 0 Å². The average molecular weight is 232 g/mol. The molecule has 2 rings (SSSR count). The third-order valence-corrected chi connectivity index (χ3v) is 3.48. The summed E-state index contributed by atoms with van der Waals surface area (Å²) >= 11 is 0. The van der Waals surface area contributed by atoms with E-state index in [9.17, 15) is 0 Å². The van der Waals surface area contributed by atoms with Crippen molar-refractivity contribution in [3.8, 4) is 0 Å². The number of amidine groups is 1. The van der Waals surface area contributed by atoms with Gasteiger partial charge < -0.3 is 10.6 Å². The fourth-order valence-electron chi connectivity index (χ4n) is 2.40. The second kappa shape index (κ2) is 5.17. The topological polar surface area (TPSA) is 66.0 Å². The van der Waals surface area contributed by atoms with Crippen molar-refractivity contribution in [2.75, 3.05) is 18.0 Å². The Bertz CT molecular complexity index is 402. The minimum absolute atomic E-state index is 0.0379. The first-order valence-corrected chi connectivity index (χ1v) is 6.26. The number of hydrogen-bond donors (Lipinski definition) is 2. The van der Waals surface area contributed by atoms with E-state index >= 15 is 0 Å². The number of pyridine rings is 1. The zero-order chi connectivity index (χ0) is 12.3. The lowest BCUT2D eigenvalue weighted by Gasteiger charge is -2.34. The minimum Gasteiger partial charge on any atom is -0.382 e. The van der Waals surface area contributed by atoms with Gasteiger partial charge in [-0.05, 0) is 30.9 Å². The Hall–Kier alpha value is -1.58. The number of piperidine rings is 1. The molecule has 0 bridgehead atoms. The van der Waals surface area contributed by atoms with E-state index in [1.807, 2.05) is 12.1 Å². The van der Waals surface area contributed by atoms with E-state index in [2.05, 4.69) is 16.8 Å². The smallest absolute Gasteiger partial charge is 0.141 e. The molecule has 0 saturated carbocycles. The number of nitrogens with one attached hydrogen (secondary N) is 1. The first kappa shape index (κ1) is 11.9. The van der Waals surface area contributed by atoms with Gasteiger partial charge in [0.2, 0.25) is 0 Å². The van der Waals surface area contributed by atoms with Gasteiger partial charge in [0.15, 0.2) is 0 Å². The number of nitrogens with zero attached hydrogens (tertiary/aromatic N) is 2. The number of nitrogens with two attached hydrogens (primary N) is 1. The van der Waals surface area contributed by atoms with Crippen LogP contribution < -0.4 is 10.6 Å². The largest absolute Gasteiger partial charge is 0.382 e. The van der Waals surface area contributed by atoms with Crippen LogP contribution in [0.15, 0.2) is 18.3 Å². The van der Waals surface area contributed by atoms with E-state index < -0.39 is 0 Å². The van der Waals surface area contributed by atoms with Crippen LogP contribution in [0.3, 0.4) is 0 Å². The van der Waals surface area contributed by atoms with Gasteiger partial charge in [-0.1, -0.05) is 13.3 Å². The molecule has 0 aliphatic carbocycles. The molecule has 1 aromatic rings. The second-order valence-electron chi connectivity index (χ2n) is 4.68. The molecule has 92 valence electrons. The zero-order valence-electron chi connectivity index (χ0n) is 10.3. The van der Waals surface area contributed by atoms with E-state index in [-0.39, 0.29) is 5.84 Å². The number of aromatic nitrogens is 1. The molecule has 0 aromatic carbocycles. The number of nitrogen functional groups attached to an aromatic ring is 1. The Morgan fingerprint density at radius 1 is 1.65 bits per heavy atom. The summed E-state index contributed by atoms with van der Waals surface area (Å²) in [4.78, 5) is 6.48. The van der Waals surface area contributed by atoms with Crippen LogP contribution in [0.2, 0.25) is 0 Å². The summed E-state index contributed by atoms with van der Waals surface area (Å²) in [7, 11) is 0. The van der Waals surface area contributed by atoms with E-state index in [4.69, 9.17) is 11.1 Å². The van der Waals surface area contributed by atoms with E-state index in [1.165, 1.54) is 19.3 Å². The lowest BCUT2D eigenvalue weighted by atomic mass is 9.95. The van der Waals surface area contributed by atoms with Crippen LogP contribution in [0.1, 0.15) is 31.9 Å². The van der Waals surface area contributed by atoms with Crippen LogP contribution in [0.5, 0.6) is 0 Å². The van der Waals surface area contributed by atoms with Crippen molar-refractivity contribution < 1.29 is 0 Å². The maximum Gasteiger partial charge on any atom is 0.141 e. The number of hydrogen-bond acceptors (Lipinski definition) is 3. The molecule has 17 heavy (non-hydrogen) atoms. The summed E-state index contributed by atoms with van der Waals surface area (Å²) in [6.45, 7) is 4.46. The van der Waals surface area contributed by atoms with Gasteiger partial charge in [0.05, 0.1) is 0 Å². The molecule has 1 aromatic heterocycles. The molecule has 1 atom stereocenters. The molecule has 1 saturated heterocycles. The molecule has 0 radical (unpaired) electrons. The second-order valence-corrected chi connectivity index (χ2v) is 4.68. The molecule has 0 spiro atoms. The van der Waals surface area contributed by atoms with Gasteiger partial charge in [0.1, 0.15) is 11.5 Å². The predicted molar refractivity (Wildman–Crippen MR) is 70.5 cm³/mol. The Labute approximate surface area is 102 Å². The van der Waals surface area contributed by atoms with Gasteiger partial charge in [-0.3, -0.25) is 10.4 Å². The van der Waals surface area contributed by atoms with E-state index in [1.54, 1.807) is 6.20 Å². The van der Waals surface area contributed by atoms with Gasteiger partial charge in [-0.15, -0.1) is 0 Å². The van der Waals surface area contributed by atoms with Crippen molar-refractivity contribution in [3.63, 3.8) is 0 Å². The molecule has 1 fully saturated rings. The monoisotopic (exact) mass is 232 g/mol. The summed E-state index contributed by atoms with van der Waals surface area (Å²) in [5, 5.41) is 7.42. The van der Waals surface area contributed by atoms with Gasteiger partial charge >= 0.3 is 0 Å². The van der Waals surface area contributed by atoms with Crippen LogP contribution in [0.4, 0.5) is 5.69 Å². The van der Waals surface area contributed by atoms with Crippen LogP contribution in [-0.4, -0.2) is 23.9 Å². The molecule has 3 N–H and O–H groups in total. The summed E-state index contributed by atoms with van der Waals surface area (Å²) in [5.74, 6) is 0.827. The highest BCUT2D eigenvalue weighted by molar-refractivity contribution is 5.93. The van der Waals surface area contributed by atoms with Crippen LogP contribution in [0, 0.1) is 11.3 Å². The first-order chi connectivity index (χ1) is 8.20. The van der Waals surface area contributed by atoms with Crippen LogP contribution in [0.25, 0.3) is 0 Å². The predicted octanol–water partition coefficient (Wildman–Crippen LogP) is 1.99. The average Bonchev–Trinajstić information content (AvgIpc) is 2.39. The van der Waals surface area contributed by atoms with Crippen molar-refractivity contribution >= 4 is 11.5 Å². The van der Waals surface area contributed by atoms with Crippen molar-refractivity contribution in [1.29, 1.82) is 5.41 Å². The highest BCUT2D eigenvalue weighted by Crippen LogP contribution is 2.24. The lowest BCUT2D eigenvalue weighted by Crippen LogP contribution is -2.35. The first-order valence-electron chi connectivity index (χ1n) is 6.26. The highest BCUT2D eigenvalue weighted by Gasteiger charge is 2.19. The normalized spacial score (nSPS) is 20.3. The van der Waals surface area contributed by atoms with Gasteiger partial charge in [-0.25, -0.2) is 0 Å². The molecule has 0 amide bonds. The van der Waals surface area contributed by atoms with E-state index in [0.29, 0.717) is 5.69 Å². The van der Waals surface area contributed by atoms with Crippen molar-refractivity contribution in [2.24, 2.45) is 11.7 Å². The quantitative estimate of drug-likeness (QED) is 0.618. The molecule has 2 heterocycles. The van der Waals surface area contributed by atoms with Gasteiger partial charge in [0, 0.05) is 25.0 Å². The maximum atomic E-state index is 7.42. The maximum absolute atomic E-state index is 7.42. The third kappa shape index (κ3) is 2.75. The number of rotatable bonds is 3. The van der Waals surface area contributed by atoms with Crippen molar-refractivity contribution in [3.05, 3.63) is 24.0 Å². The highest BCUT2D eigenvalue weighted by atomic mass is 15.1. The van der Waals surface area contributed by atoms with Crippen molar-refractivity contribution in [2.45, 2.75) is 26.2 Å². The third-order valence-electron chi connectivity index (χ3n) is 3.48. The Morgan fingerprint density at radius 2 is 2.47 bits per heavy atom. The standard InChI is InChI=1S/C13H20N4/c1-2-10-4-3-7-17(9-10)11-5-6-16-12(8-11)13(14)15/h5-6,8,10H,2-4,7,9H2,1H3,(H3,14,15). The van der Waals surface area contributed by atoms with Crippen molar-refractivity contribution in [1.82, 2.24) is 4.98 Å².